The molecule has 0 bridgehead atoms. The second-order valence-electron chi connectivity index (χ2n) is 2.92. The van der Waals surface area contributed by atoms with Crippen molar-refractivity contribution in [3.05, 3.63) is 28.2 Å². The zero-order valence-corrected chi connectivity index (χ0v) is 9.89. The minimum absolute atomic E-state index is 0.340. The number of benzene rings is 1. The molecule has 0 atom stereocenters. The molecule has 0 aliphatic carbocycles. The maximum Gasteiger partial charge on any atom is 0.232 e. The first-order valence-electron chi connectivity index (χ1n) is 4.02. The highest BCUT2D eigenvalue weighted by atomic mass is 79.9. The van der Waals surface area contributed by atoms with E-state index in [1.165, 1.54) is 11.5 Å². The number of hydrogen-bond donors (Lipinski definition) is 1. The van der Waals surface area contributed by atoms with Gasteiger partial charge in [0.15, 0.2) is 0 Å². The largest absolute Gasteiger partial charge is 0.367 e. The minimum Gasteiger partial charge on any atom is -0.367 e. The Morgan fingerprint density at radius 1 is 1.43 bits per heavy atom. The summed E-state index contributed by atoms with van der Waals surface area (Å²) < 4.78 is 5.02. The van der Waals surface area contributed by atoms with Crippen LogP contribution in [0.15, 0.2) is 22.7 Å². The van der Waals surface area contributed by atoms with Crippen LogP contribution in [0.5, 0.6) is 0 Å². The molecule has 2 N–H and O–H groups in total. The van der Waals surface area contributed by atoms with E-state index in [9.17, 15) is 0 Å². The molecular formula is C9H8BrN3S. The molecule has 0 aliphatic heterocycles. The van der Waals surface area contributed by atoms with E-state index in [0.29, 0.717) is 5.95 Å². The molecule has 0 saturated heterocycles. The Morgan fingerprint density at radius 3 is 2.79 bits per heavy atom. The fourth-order valence-corrected chi connectivity index (χ4v) is 2.37. The van der Waals surface area contributed by atoms with Gasteiger partial charge in [0.05, 0.1) is 0 Å². The quantitative estimate of drug-likeness (QED) is 0.866. The van der Waals surface area contributed by atoms with Crippen LogP contribution in [0.3, 0.4) is 0 Å². The maximum atomic E-state index is 5.47. The van der Waals surface area contributed by atoms with E-state index >= 15 is 0 Å². The molecule has 0 spiro atoms. The predicted octanol–water partition coefficient (Wildman–Crippen LogP) is 2.86. The molecule has 72 valence electrons. The number of halogens is 1. The van der Waals surface area contributed by atoms with Crippen molar-refractivity contribution in [2.24, 2.45) is 0 Å². The number of nitrogens with zero attached hydrogens (tertiary/aromatic N) is 2. The molecule has 5 heteroatoms. The van der Waals surface area contributed by atoms with Crippen molar-refractivity contribution in [1.82, 2.24) is 9.36 Å². The van der Waals surface area contributed by atoms with Crippen molar-refractivity contribution in [2.45, 2.75) is 6.92 Å². The fraction of sp³-hybridized carbons (Fsp3) is 0.111. The van der Waals surface area contributed by atoms with Gasteiger partial charge in [-0.05, 0) is 36.2 Å². The lowest BCUT2D eigenvalue weighted by Gasteiger charge is -2.01. The summed E-state index contributed by atoms with van der Waals surface area (Å²) in [6.07, 6.45) is 0. The highest BCUT2D eigenvalue weighted by molar-refractivity contribution is 9.10. The van der Waals surface area contributed by atoms with Crippen LogP contribution < -0.4 is 5.73 Å². The van der Waals surface area contributed by atoms with Gasteiger partial charge in [0.2, 0.25) is 5.95 Å². The van der Waals surface area contributed by atoms with Gasteiger partial charge in [-0.3, -0.25) is 0 Å². The zero-order chi connectivity index (χ0) is 10.1. The molecule has 0 radical (unpaired) electrons. The topological polar surface area (TPSA) is 51.8 Å². The molecule has 3 nitrogen and oxygen atoms in total. The Kier molecular flexibility index (Phi) is 2.52. The second-order valence-corrected chi connectivity index (χ2v) is 4.58. The van der Waals surface area contributed by atoms with Crippen LogP contribution in [0.4, 0.5) is 5.95 Å². The monoisotopic (exact) mass is 269 g/mol. The number of nitrogens with two attached hydrogens (primary N) is 1. The number of aryl methyl sites for hydroxylation is 1. The first kappa shape index (κ1) is 9.61. The molecule has 2 aromatic rings. The van der Waals surface area contributed by atoms with Crippen LogP contribution in [0.25, 0.3) is 10.6 Å². The molecule has 14 heavy (non-hydrogen) atoms. The van der Waals surface area contributed by atoms with Crippen molar-refractivity contribution >= 4 is 33.4 Å². The van der Waals surface area contributed by atoms with E-state index in [1.54, 1.807) is 0 Å². The Bertz CT molecular complexity index is 467. The van der Waals surface area contributed by atoms with E-state index < -0.39 is 0 Å². The molecule has 0 fully saturated rings. The molecule has 2 rings (SSSR count). The van der Waals surface area contributed by atoms with Crippen LogP contribution in [-0.4, -0.2) is 9.36 Å². The van der Waals surface area contributed by atoms with Crippen molar-refractivity contribution in [1.29, 1.82) is 0 Å². The lowest BCUT2D eigenvalue weighted by atomic mass is 10.1. The number of aromatic nitrogens is 2. The SMILES string of the molecule is Cc1cc(Br)ccc1-c1nc(N)ns1. The highest BCUT2D eigenvalue weighted by Gasteiger charge is 2.07. The van der Waals surface area contributed by atoms with Crippen LogP contribution >= 0.6 is 27.5 Å². The van der Waals surface area contributed by atoms with Gasteiger partial charge in [-0.25, -0.2) is 0 Å². The van der Waals surface area contributed by atoms with Crippen molar-refractivity contribution in [3.63, 3.8) is 0 Å². The first-order valence-corrected chi connectivity index (χ1v) is 5.59. The highest BCUT2D eigenvalue weighted by Crippen LogP contribution is 2.27. The van der Waals surface area contributed by atoms with Crippen LogP contribution in [0.2, 0.25) is 0 Å². The van der Waals surface area contributed by atoms with Gasteiger partial charge in [0.1, 0.15) is 5.01 Å². The number of nitrogen functional groups attached to an aromatic ring is 1. The van der Waals surface area contributed by atoms with Crippen LogP contribution in [0.1, 0.15) is 5.56 Å². The third-order valence-corrected chi connectivity index (χ3v) is 3.12. The summed E-state index contributed by atoms with van der Waals surface area (Å²) in [5, 5.41) is 0.868. The maximum absolute atomic E-state index is 5.47. The summed E-state index contributed by atoms with van der Waals surface area (Å²) in [6, 6.07) is 6.05. The third-order valence-electron chi connectivity index (χ3n) is 1.86. The number of anilines is 1. The molecule has 0 amide bonds. The average Bonchev–Trinajstić information content (AvgIpc) is 2.51. The van der Waals surface area contributed by atoms with Gasteiger partial charge in [0.25, 0.3) is 0 Å². The molecule has 1 heterocycles. The average molecular weight is 270 g/mol. The number of hydrogen-bond acceptors (Lipinski definition) is 4. The molecule has 0 aliphatic rings. The Labute approximate surface area is 94.3 Å². The lowest BCUT2D eigenvalue weighted by molar-refractivity contribution is 1.33. The number of rotatable bonds is 1. The lowest BCUT2D eigenvalue weighted by Crippen LogP contribution is -1.86. The Morgan fingerprint density at radius 2 is 2.21 bits per heavy atom. The summed E-state index contributed by atoms with van der Waals surface area (Å²) in [6.45, 7) is 2.04. The Balaban J connectivity index is 2.52. The van der Waals surface area contributed by atoms with Gasteiger partial charge in [-0.2, -0.15) is 9.36 Å². The minimum atomic E-state index is 0.340. The van der Waals surface area contributed by atoms with Gasteiger partial charge >= 0.3 is 0 Å². The molecule has 0 saturated carbocycles. The van der Waals surface area contributed by atoms with Crippen LogP contribution in [0, 0.1) is 6.92 Å². The summed E-state index contributed by atoms with van der Waals surface area (Å²) >= 11 is 4.74. The van der Waals surface area contributed by atoms with E-state index in [2.05, 4.69) is 25.3 Å². The summed E-state index contributed by atoms with van der Waals surface area (Å²) in [5.74, 6) is 0.340. The van der Waals surface area contributed by atoms with Crippen LogP contribution in [-0.2, 0) is 0 Å². The standard InChI is InChI=1S/C9H8BrN3S/c1-5-4-6(10)2-3-7(5)8-12-9(11)13-14-8/h2-4H,1H3,(H2,11,13). The smallest absolute Gasteiger partial charge is 0.232 e. The van der Waals surface area contributed by atoms with Gasteiger partial charge < -0.3 is 5.73 Å². The van der Waals surface area contributed by atoms with Crippen molar-refractivity contribution in [2.75, 3.05) is 5.73 Å². The third kappa shape index (κ3) is 1.78. The molecular weight excluding hydrogens is 262 g/mol. The summed E-state index contributed by atoms with van der Waals surface area (Å²) in [5.41, 5.74) is 7.72. The predicted molar refractivity (Wildman–Crippen MR) is 62.2 cm³/mol. The van der Waals surface area contributed by atoms with Gasteiger partial charge in [-0.15, -0.1) is 0 Å². The molecule has 0 unspecified atom stereocenters. The summed E-state index contributed by atoms with van der Waals surface area (Å²) in [4.78, 5) is 4.14. The fourth-order valence-electron chi connectivity index (χ4n) is 1.21. The van der Waals surface area contributed by atoms with E-state index in [1.807, 2.05) is 25.1 Å². The van der Waals surface area contributed by atoms with E-state index in [-0.39, 0.29) is 0 Å². The second kappa shape index (κ2) is 3.67. The zero-order valence-electron chi connectivity index (χ0n) is 7.49. The normalized spacial score (nSPS) is 10.4. The molecule has 1 aromatic heterocycles. The van der Waals surface area contributed by atoms with E-state index in [4.69, 9.17) is 5.73 Å². The molecule has 1 aromatic carbocycles. The first-order chi connectivity index (χ1) is 6.66. The van der Waals surface area contributed by atoms with E-state index in [0.717, 1.165) is 20.6 Å². The van der Waals surface area contributed by atoms with Crippen molar-refractivity contribution < 1.29 is 0 Å². The van der Waals surface area contributed by atoms with Gasteiger partial charge in [-0.1, -0.05) is 22.0 Å². The summed E-state index contributed by atoms with van der Waals surface area (Å²) in [7, 11) is 0. The van der Waals surface area contributed by atoms with Gasteiger partial charge in [0, 0.05) is 10.0 Å². The van der Waals surface area contributed by atoms with Crippen molar-refractivity contribution in [3.8, 4) is 10.6 Å². The Hall–Kier alpha value is -0.940.